The van der Waals surface area contributed by atoms with E-state index in [9.17, 15) is 0 Å². The van der Waals surface area contributed by atoms with Crippen LogP contribution in [0.2, 0.25) is 0 Å². The van der Waals surface area contributed by atoms with E-state index in [1.165, 1.54) is 19.8 Å². The molecule has 2 aromatic heterocycles. The Hall–Kier alpha value is -0.160. The van der Waals surface area contributed by atoms with Crippen LogP contribution >= 0.6 is 38.6 Å². The van der Waals surface area contributed by atoms with Crippen LogP contribution in [0.1, 0.15) is 28.3 Å². The van der Waals surface area contributed by atoms with Gasteiger partial charge in [0.05, 0.1) is 0 Å². The third kappa shape index (κ3) is 2.56. The third-order valence-electron chi connectivity index (χ3n) is 2.59. The summed E-state index contributed by atoms with van der Waals surface area (Å²) in [6.07, 6.45) is 1.99. The molecule has 0 bridgehead atoms. The van der Waals surface area contributed by atoms with Gasteiger partial charge in [0.25, 0.3) is 0 Å². The van der Waals surface area contributed by atoms with Crippen molar-refractivity contribution in [3.8, 4) is 0 Å². The van der Waals surface area contributed by atoms with Gasteiger partial charge in [-0.2, -0.15) is 0 Å². The van der Waals surface area contributed by atoms with Crippen molar-refractivity contribution in [2.45, 2.75) is 25.8 Å². The van der Waals surface area contributed by atoms with Crippen LogP contribution in [0.3, 0.4) is 0 Å². The summed E-state index contributed by atoms with van der Waals surface area (Å²) < 4.78 is 1.18. The van der Waals surface area contributed by atoms with E-state index < -0.39 is 0 Å². The molecule has 16 heavy (non-hydrogen) atoms. The molecule has 0 saturated heterocycles. The van der Waals surface area contributed by atoms with Gasteiger partial charge in [0.1, 0.15) is 0 Å². The SMILES string of the molecule is CCc1ccsc1C(N)Cc1sccc1Br. The Kier molecular flexibility index (Phi) is 4.19. The molecule has 1 unspecified atom stereocenters. The molecule has 2 N–H and O–H groups in total. The molecule has 0 spiro atoms. The summed E-state index contributed by atoms with van der Waals surface area (Å²) in [4.78, 5) is 2.67. The minimum Gasteiger partial charge on any atom is -0.323 e. The molecule has 2 rings (SSSR count). The van der Waals surface area contributed by atoms with Crippen molar-refractivity contribution >= 4 is 38.6 Å². The highest BCUT2D eigenvalue weighted by atomic mass is 79.9. The van der Waals surface area contributed by atoms with Gasteiger partial charge in [-0.15, -0.1) is 22.7 Å². The van der Waals surface area contributed by atoms with E-state index in [0.29, 0.717) is 0 Å². The van der Waals surface area contributed by atoms with E-state index in [4.69, 9.17) is 5.73 Å². The lowest BCUT2D eigenvalue weighted by molar-refractivity contribution is 0.734. The van der Waals surface area contributed by atoms with Crippen molar-refractivity contribution < 1.29 is 0 Å². The summed E-state index contributed by atoms with van der Waals surface area (Å²) in [7, 11) is 0. The average Bonchev–Trinajstić information content (AvgIpc) is 2.87. The summed E-state index contributed by atoms with van der Waals surface area (Å²) in [5, 5.41) is 4.23. The van der Waals surface area contributed by atoms with Gasteiger partial charge in [-0.05, 0) is 50.8 Å². The predicted molar refractivity (Wildman–Crippen MR) is 76.3 cm³/mol. The molecule has 2 heterocycles. The van der Waals surface area contributed by atoms with Gasteiger partial charge in [-0.25, -0.2) is 0 Å². The van der Waals surface area contributed by atoms with Crippen LogP contribution < -0.4 is 5.73 Å². The lowest BCUT2D eigenvalue weighted by Crippen LogP contribution is -2.12. The minimum absolute atomic E-state index is 0.130. The summed E-state index contributed by atoms with van der Waals surface area (Å²) in [6.45, 7) is 2.18. The molecule has 0 aliphatic carbocycles. The monoisotopic (exact) mass is 315 g/mol. The standard InChI is InChI=1S/C12H14BrNS2/c1-2-8-3-5-16-12(8)10(14)7-11-9(13)4-6-15-11/h3-6,10H,2,7,14H2,1H3. The molecule has 1 atom stereocenters. The topological polar surface area (TPSA) is 26.0 Å². The zero-order chi connectivity index (χ0) is 11.5. The molecule has 0 aliphatic heterocycles. The van der Waals surface area contributed by atoms with Crippen LogP contribution in [0.5, 0.6) is 0 Å². The van der Waals surface area contributed by atoms with Crippen molar-refractivity contribution in [3.05, 3.63) is 42.7 Å². The molecule has 0 fully saturated rings. The first-order valence-electron chi connectivity index (χ1n) is 5.26. The van der Waals surface area contributed by atoms with Crippen molar-refractivity contribution in [1.29, 1.82) is 0 Å². The molecule has 2 aromatic rings. The van der Waals surface area contributed by atoms with Gasteiger partial charge < -0.3 is 5.73 Å². The number of hydrogen-bond donors (Lipinski definition) is 1. The Labute approximate surface area is 112 Å². The van der Waals surface area contributed by atoms with Crippen molar-refractivity contribution in [2.24, 2.45) is 5.73 Å². The van der Waals surface area contributed by atoms with Gasteiger partial charge in [-0.3, -0.25) is 0 Å². The number of nitrogens with two attached hydrogens (primary N) is 1. The molecule has 86 valence electrons. The lowest BCUT2D eigenvalue weighted by Gasteiger charge is -2.11. The molecule has 0 radical (unpaired) electrons. The maximum atomic E-state index is 6.27. The average molecular weight is 316 g/mol. The Balaban J connectivity index is 2.14. The van der Waals surface area contributed by atoms with E-state index in [-0.39, 0.29) is 6.04 Å². The largest absolute Gasteiger partial charge is 0.323 e. The van der Waals surface area contributed by atoms with E-state index >= 15 is 0 Å². The first-order chi connectivity index (χ1) is 7.72. The molecular formula is C12H14BrNS2. The first-order valence-corrected chi connectivity index (χ1v) is 7.81. The summed E-state index contributed by atoms with van der Waals surface area (Å²) >= 11 is 7.09. The van der Waals surface area contributed by atoms with Crippen LogP contribution in [0.4, 0.5) is 0 Å². The van der Waals surface area contributed by atoms with Crippen LogP contribution in [-0.2, 0) is 12.8 Å². The molecule has 0 amide bonds. The second-order valence-corrected chi connectivity index (χ2v) is 6.47. The highest BCUT2D eigenvalue weighted by Gasteiger charge is 2.14. The third-order valence-corrected chi connectivity index (χ3v) is 5.63. The number of rotatable bonds is 4. The predicted octanol–water partition coefficient (Wildman–Crippen LogP) is 4.38. The maximum absolute atomic E-state index is 6.27. The summed E-state index contributed by atoms with van der Waals surface area (Å²) in [5.41, 5.74) is 7.67. The van der Waals surface area contributed by atoms with E-state index in [2.05, 4.69) is 45.7 Å². The molecule has 0 saturated carbocycles. The van der Waals surface area contributed by atoms with Crippen molar-refractivity contribution in [3.63, 3.8) is 0 Å². The van der Waals surface area contributed by atoms with Crippen LogP contribution in [0, 0.1) is 0 Å². The fraction of sp³-hybridized carbons (Fsp3) is 0.333. The molecule has 1 nitrogen and oxygen atoms in total. The Morgan fingerprint density at radius 3 is 2.69 bits per heavy atom. The second-order valence-electron chi connectivity index (χ2n) is 3.67. The molecular weight excluding hydrogens is 302 g/mol. The smallest absolute Gasteiger partial charge is 0.0441 e. The van der Waals surface area contributed by atoms with Gasteiger partial charge >= 0.3 is 0 Å². The fourth-order valence-electron chi connectivity index (χ4n) is 1.73. The van der Waals surface area contributed by atoms with E-state index in [1.54, 1.807) is 22.7 Å². The number of thiophene rings is 2. The number of aryl methyl sites for hydroxylation is 1. The molecule has 4 heteroatoms. The van der Waals surface area contributed by atoms with Crippen molar-refractivity contribution in [1.82, 2.24) is 0 Å². The highest BCUT2D eigenvalue weighted by molar-refractivity contribution is 9.10. The van der Waals surface area contributed by atoms with Gasteiger partial charge in [0.15, 0.2) is 0 Å². The Morgan fingerprint density at radius 1 is 1.31 bits per heavy atom. The maximum Gasteiger partial charge on any atom is 0.0441 e. The Morgan fingerprint density at radius 2 is 2.06 bits per heavy atom. The van der Waals surface area contributed by atoms with Gasteiger partial charge in [0.2, 0.25) is 0 Å². The van der Waals surface area contributed by atoms with Gasteiger partial charge in [-0.1, -0.05) is 6.92 Å². The number of halogens is 1. The zero-order valence-corrected chi connectivity index (χ0v) is 12.3. The lowest BCUT2D eigenvalue weighted by atomic mass is 10.1. The fourth-order valence-corrected chi connectivity index (χ4v) is 4.30. The van der Waals surface area contributed by atoms with Crippen molar-refractivity contribution in [2.75, 3.05) is 0 Å². The summed E-state index contributed by atoms with van der Waals surface area (Å²) in [6, 6.07) is 4.40. The van der Waals surface area contributed by atoms with Gasteiger partial charge in [0, 0.05) is 26.7 Å². The highest BCUT2D eigenvalue weighted by Crippen LogP contribution is 2.30. The van der Waals surface area contributed by atoms with Crippen LogP contribution in [0.25, 0.3) is 0 Å². The first kappa shape index (κ1) is 12.3. The molecule has 0 aliphatic rings. The second kappa shape index (κ2) is 5.45. The van der Waals surface area contributed by atoms with E-state index in [1.807, 2.05) is 0 Å². The summed E-state index contributed by atoms with van der Waals surface area (Å²) in [5.74, 6) is 0. The molecule has 0 aromatic carbocycles. The number of hydrogen-bond acceptors (Lipinski definition) is 3. The zero-order valence-electron chi connectivity index (χ0n) is 9.07. The normalized spacial score (nSPS) is 12.9. The quantitative estimate of drug-likeness (QED) is 0.890. The van der Waals surface area contributed by atoms with Crippen LogP contribution in [-0.4, -0.2) is 0 Å². The van der Waals surface area contributed by atoms with Crippen LogP contribution in [0.15, 0.2) is 27.4 Å². The minimum atomic E-state index is 0.130. The van der Waals surface area contributed by atoms with E-state index in [0.717, 1.165) is 12.8 Å². The Bertz CT molecular complexity index is 461.